The number of halogens is 1. The van der Waals surface area contributed by atoms with Crippen LogP contribution in [0.2, 0.25) is 0 Å². The molecule has 3 N–H and O–H groups in total. The van der Waals surface area contributed by atoms with E-state index in [0.29, 0.717) is 11.6 Å². The lowest BCUT2D eigenvalue weighted by atomic mass is 10.1. The smallest absolute Gasteiger partial charge is 0.320 e. The molecule has 1 heterocycles. The van der Waals surface area contributed by atoms with Gasteiger partial charge in [-0.2, -0.15) is 0 Å². The van der Waals surface area contributed by atoms with Crippen molar-refractivity contribution in [3.63, 3.8) is 0 Å². The second kappa shape index (κ2) is 6.67. The van der Waals surface area contributed by atoms with E-state index >= 15 is 0 Å². The first kappa shape index (κ1) is 14.7. The molecule has 0 radical (unpaired) electrons. The van der Waals surface area contributed by atoms with Crippen LogP contribution in [0.3, 0.4) is 0 Å². The highest BCUT2D eigenvalue weighted by atomic mass is 127. The van der Waals surface area contributed by atoms with Crippen LogP contribution in [0.25, 0.3) is 0 Å². The maximum Gasteiger partial charge on any atom is 0.320 e. The third-order valence-corrected chi connectivity index (χ3v) is 3.26. The maximum atomic E-state index is 10.7. The van der Waals surface area contributed by atoms with Crippen LogP contribution < -0.4 is 10.5 Å². The number of nitrogens with two attached hydrogens (primary N) is 1. The molecular formula is C14H13IN2O3. The van der Waals surface area contributed by atoms with Crippen LogP contribution >= 0.6 is 22.6 Å². The number of carboxylic acids is 1. The maximum absolute atomic E-state index is 10.7. The van der Waals surface area contributed by atoms with Crippen molar-refractivity contribution in [3.8, 4) is 11.6 Å². The normalized spacial score (nSPS) is 11.9. The number of hydrogen-bond acceptors (Lipinski definition) is 4. The van der Waals surface area contributed by atoms with Crippen molar-refractivity contribution >= 4 is 28.6 Å². The third-order valence-electron chi connectivity index (χ3n) is 2.62. The molecule has 1 aromatic heterocycles. The Morgan fingerprint density at radius 1 is 1.30 bits per heavy atom. The van der Waals surface area contributed by atoms with E-state index in [1.165, 1.54) is 0 Å². The monoisotopic (exact) mass is 384 g/mol. The molecule has 0 aliphatic heterocycles. The van der Waals surface area contributed by atoms with Crippen LogP contribution in [-0.2, 0) is 11.2 Å². The Hall–Kier alpha value is -1.67. The number of aromatic nitrogens is 1. The van der Waals surface area contributed by atoms with Crippen molar-refractivity contribution in [2.75, 3.05) is 0 Å². The summed E-state index contributed by atoms with van der Waals surface area (Å²) in [7, 11) is 0. The first-order valence-corrected chi connectivity index (χ1v) is 6.99. The highest BCUT2D eigenvalue weighted by Crippen LogP contribution is 2.20. The molecule has 5 nitrogen and oxygen atoms in total. The lowest BCUT2D eigenvalue weighted by Gasteiger charge is -2.08. The summed E-state index contributed by atoms with van der Waals surface area (Å²) in [4.78, 5) is 14.8. The molecular weight excluding hydrogens is 371 g/mol. The minimum Gasteiger partial charge on any atom is -0.480 e. The van der Waals surface area contributed by atoms with Gasteiger partial charge >= 0.3 is 5.97 Å². The topological polar surface area (TPSA) is 85.4 Å². The number of rotatable bonds is 5. The van der Waals surface area contributed by atoms with Gasteiger partial charge in [0.2, 0.25) is 5.88 Å². The second-order valence-electron chi connectivity index (χ2n) is 4.21. The van der Waals surface area contributed by atoms with Gasteiger partial charge in [-0.25, -0.2) is 4.98 Å². The van der Waals surface area contributed by atoms with Gasteiger partial charge in [-0.1, -0.05) is 12.1 Å². The van der Waals surface area contributed by atoms with Crippen molar-refractivity contribution in [1.82, 2.24) is 4.98 Å². The lowest BCUT2D eigenvalue weighted by Crippen LogP contribution is -2.32. The van der Waals surface area contributed by atoms with Gasteiger partial charge in [0.05, 0.1) is 0 Å². The Labute approximate surface area is 129 Å². The summed E-state index contributed by atoms with van der Waals surface area (Å²) in [5.41, 5.74) is 6.33. The van der Waals surface area contributed by atoms with Gasteiger partial charge in [-0.15, -0.1) is 0 Å². The number of hydrogen-bond donors (Lipinski definition) is 2. The van der Waals surface area contributed by atoms with Crippen LogP contribution in [0.4, 0.5) is 0 Å². The average molecular weight is 384 g/mol. The molecule has 0 unspecified atom stereocenters. The van der Waals surface area contributed by atoms with Gasteiger partial charge in [0, 0.05) is 15.8 Å². The largest absolute Gasteiger partial charge is 0.480 e. The molecule has 0 saturated carbocycles. The summed E-state index contributed by atoms with van der Waals surface area (Å²) in [5.74, 6) is 0.153. The molecule has 20 heavy (non-hydrogen) atoms. The van der Waals surface area contributed by atoms with Crippen LogP contribution in [-0.4, -0.2) is 22.1 Å². The van der Waals surface area contributed by atoms with Gasteiger partial charge in [0.25, 0.3) is 0 Å². The molecule has 0 spiro atoms. The van der Waals surface area contributed by atoms with Gasteiger partial charge < -0.3 is 15.6 Å². The van der Waals surface area contributed by atoms with E-state index < -0.39 is 12.0 Å². The van der Waals surface area contributed by atoms with Crippen molar-refractivity contribution in [2.45, 2.75) is 12.5 Å². The molecule has 0 amide bonds. The quantitative estimate of drug-likeness (QED) is 0.774. The summed E-state index contributed by atoms with van der Waals surface area (Å²) in [6.07, 6.45) is 2.01. The molecule has 0 aliphatic rings. The van der Waals surface area contributed by atoms with Crippen molar-refractivity contribution < 1.29 is 14.6 Å². The summed E-state index contributed by atoms with van der Waals surface area (Å²) >= 11 is 2.17. The lowest BCUT2D eigenvalue weighted by molar-refractivity contribution is -0.138. The second-order valence-corrected chi connectivity index (χ2v) is 5.46. The van der Waals surface area contributed by atoms with E-state index in [-0.39, 0.29) is 6.42 Å². The van der Waals surface area contributed by atoms with Crippen LogP contribution in [0.5, 0.6) is 11.6 Å². The molecule has 6 heteroatoms. The first-order chi connectivity index (χ1) is 9.54. The summed E-state index contributed by atoms with van der Waals surface area (Å²) in [6.45, 7) is 0. The van der Waals surface area contributed by atoms with Gasteiger partial charge in [-0.3, -0.25) is 4.79 Å². The fourth-order valence-corrected chi connectivity index (χ4v) is 1.90. The molecule has 2 rings (SSSR count). The Bertz CT molecular complexity index is 584. The Morgan fingerprint density at radius 2 is 2.00 bits per heavy atom. The standard InChI is InChI=1S/C14H13IN2O3/c15-10-3-6-13(17-8-10)20-11-4-1-9(2-5-11)7-12(16)14(18)19/h1-6,8,12H,7,16H2,(H,18,19)/t12-/m0/s1. The van der Waals surface area contributed by atoms with Gasteiger partial charge in [0.1, 0.15) is 11.8 Å². The first-order valence-electron chi connectivity index (χ1n) is 5.91. The summed E-state index contributed by atoms with van der Waals surface area (Å²) in [5, 5.41) is 8.76. The SMILES string of the molecule is N[C@@H](Cc1ccc(Oc2ccc(I)cn2)cc1)C(=O)O. The molecule has 0 fully saturated rings. The Morgan fingerprint density at radius 3 is 2.55 bits per heavy atom. The Kier molecular flexibility index (Phi) is 4.91. The highest BCUT2D eigenvalue weighted by molar-refractivity contribution is 14.1. The zero-order chi connectivity index (χ0) is 14.5. The predicted molar refractivity (Wildman–Crippen MR) is 82.8 cm³/mol. The number of ether oxygens (including phenoxy) is 1. The average Bonchev–Trinajstić information content (AvgIpc) is 2.43. The fraction of sp³-hybridized carbons (Fsp3) is 0.143. The summed E-state index contributed by atoms with van der Waals surface area (Å²) < 4.78 is 6.61. The van der Waals surface area contributed by atoms with E-state index in [0.717, 1.165) is 9.13 Å². The van der Waals surface area contributed by atoms with Crippen molar-refractivity contribution in [1.29, 1.82) is 0 Å². The molecule has 104 valence electrons. The number of carboxylic acid groups (broad SMARTS) is 1. The molecule has 0 aliphatic carbocycles. The highest BCUT2D eigenvalue weighted by Gasteiger charge is 2.11. The number of carbonyl (C=O) groups is 1. The third kappa shape index (κ3) is 4.17. The Balaban J connectivity index is 2.01. The van der Waals surface area contributed by atoms with Crippen molar-refractivity contribution in [3.05, 3.63) is 51.7 Å². The van der Waals surface area contributed by atoms with Gasteiger partial charge in [-0.05, 0) is 52.8 Å². The molecule has 1 aromatic carbocycles. The minimum absolute atomic E-state index is 0.289. The number of nitrogens with zero attached hydrogens (tertiary/aromatic N) is 1. The van der Waals surface area contributed by atoms with Crippen LogP contribution in [0.1, 0.15) is 5.56 Å². The summed E-state index contributed by atoms with van der Waals surface area (Å²) in [6, 6.07) is 9.93. The van der Waals surface area contributed by atoms with Crippen LogP contribution in [0.15, 0.2) is 42.6 Å². The van der Waals surface area contributed by atoms with E-state index in [2.05, 4.69) is 27.6 Å². The van der Waals surface area contributed by atoms with E-state index in [1.54, 1.807) is 36.5 Å². The number of benzene rings is 1. The molecule has 0 bridgehead atoms. The minimum atomic E-state index is -1.01. The van der Waals surface area contributed by atoms with Gasteiger partial charge in [0.15, 0.2) is 0 Å². The number of pyridine rings is 1. The van der Waals surface area contributed by atoms with E-state index in [1.807, 2.05) is 6.07 Å². The zero-order valence-electron chi connectivity index (χ0n) is 10.5. The molecule has 0 saturated heterocycles. The zero-order valence-corrected chi connectivity index (χ0v) is 12.6. The van der Waals surface area contributed by atoms with Crippen LogP contribution in [0, 0.1) is 3.57 Å². The van der Waals surface area contributed by atoms with E-state index in [9.17, 15) is 4.79 Å². The number of aliphatic carboxylic acids is 1. The predicted octanol–water partition coefficient (Wildman–Crippen LogP) is 2.43. The fourth-order valence-electron chi connectivity index (χ4n) is 1.58. The molecule has 1 atom stereocenters. The molecule has 2 aromatic rings. The van der Waals surface area contributed by atoms with Crippen molar-refractivity contribution in [2.24, 2.45) is 5.73 Å². The van der Waals surface area contributed by atoms with E-state index in [4.69, 9.17) is 15.6 Å².